The number of rotatable bonds is 2. The molecule has 2 rings (SSSR count). The number of pyridine rings is 1. The molecule has 0 fully saturated rings. The summed E-state index contributed by atoms with van der Waals surface area (Å²) >= 11 is 0. The number of benzene rings is 1. The zero-order valence-corrected chi connectivity index (χ0v) is 9.57. The summed E-state index contributed by atoms with van der Waals surface area (Å²) in [4.78, 5) is 0. The average Bonchev–Trinajstić information content (AvgIpc) is 2.26. The van der Waals surface area contributed by atoms with Crippen molar-refractivity contribution in [3.63, 3.8) is 0 Å². The minimum Gasteiger partial charge on any atom is -0.740 e. The van der Waals surface area contributed by atoms with E-state index in [1.165, 1.54) is 10.6 Å². The van der Waals surface area contributed by atoms with Gasteiger partial charge in [0.1, 0.15) is 6.54 Å². The Balaban J connectivity index is 2.89. The molecule has 2 aromatic rings. The number of fused-ring (bicyclic) bond motifs is 1. The highest BCUT2D eigenvalue weighted by Crippen LogP contribution is 2.12. The average molecular weight is 237 g/mol. The Labute approximate surface area is 93.9 Å². The fourth-order valence-corrected chi connectivity index (χ4v) is 2.52. The lowest BCUT2D eigenvalue weighted by Crippen LogP contribution is -2.39. The largest absolute Gasteiger partial charge is 0.740 e. The molecule has 1 aromatic carbocycles. The van der Waals surface area contributed by atoms with Gasteiger partial charge in [-0.3, -0.25) is 0 Å². The van der Waals surface area contributed by atoms with Crippen molar-refractivity contribution in [2.45, 2.75) is 18.5 Å². The first-order chi connectivity index (χ1) is 7.54. The van der Waals surface area contributed by atoms with E-state index >= 15 is 0 Å². The normalized spacial score (nSPS) is 11.9. The molecule has 0 saturated heterocycles. The lowest BCUT2D eigenvalue weighted by atomic mass is 10.2. The summed E-state index contributed by atoms with van der Waals surface area (Å²) in [5.41, 5.74) is 0.752. The van der Waals surface area contributed by atoms with Crippen LogP contribution in [0.15, 0.2) is 41.4 Å². The quantitative estimate of drug-likeness (QED) is 0.579. The molecule has 0 spiro atoms. The van der Waals surface area contributed by atoms with E-state index < -0.39 is 10.1 Å². The molecular formula is C11H11NO3S. The van der Waals surface area contributed by atoms with Gasteiger partial charge in [-0.2, -0.15) is 4.57 Å². The second-order valence-electron chi connectivity index (χ2n) is 3.43. The maximum Gasteiger partial charge on any atom is 0.285 e. The van der Waals surface area contributed by atoms with Gasteiger partial charge < -0.3 is 4.55 Å². The fourth-order valence-electron chi connectivity index (χ4n) is 1.79. The molecule has 0 amide bonds. The van der Waals surface area contributed by atoms with E-state index in [0.29, 0.717) is 6.54 Å². The highest BCUT2D eigenvalue weighted by molar-refractivity contribution is 7.85. The summed E-state index contributed by atoms with van der Waals surface area (Å²) in [7, 11) is -4.42. The summed E-state index contributed by atoms with van der Waals surface area (Å²) in [6.45, 7) is 2.25. The van der Waals surface area contributed by atoms with Crippen LogP contribution in [0.2, 0.25) is 0 Å². The second-order valence-corrected chi connectivity index (χ2v) is 4.76. The molecule has 0 unspecified atom stereocenters. The van der Waals surface area contributed by atoms with E-state index in [-0.39, 0.29) is 5.03 Å². The van der Waals surface area contributed by atoms with Crippen LogP contribution in [-0.4, -0.2) is 13.0 Å². The lowest BCUT2D eigenvalue weighted by Gasteiger charge is -2.08. The van der Waals surface area contributed by atoms with Gasteiger partial charge in [-0.25, -0.2) is 8.42 Å². The summed E-state index contributed by atoms with van der Waals surface area (Å²) in [6, 6.07) is 10.4. The van der Waals surface area contributed by atoms with E-state index in [1.54, 1.807) is 19.1 Å². The van der Waals surface area contributed by atoms with E-state index in [4.69, 9.17) is 0 Å². The van der Waals surface area contributed by atoms with Gasteiger partial charge in [-0.05, 0) is 19.1 Å². The molecule has 0 aliphatic heterocycles. The summed E-state index contributed by atoms with van der Waals surface area (Å²) in [5.74, 6) is 0. The molecule has 84 valence electrons. The van der Waals surface area contributed by atoms with Crippen molar-refractivity contribution >= 4 is 21.0 Å². The van der Waals surface area contributed by atoms with E-state index in [2.05, 4.69) is 0 Å². The Hall–Kier alpha value is -1.46. The predicted molar refractivity (Wildman–Crippen MR) is 57.8 cm³/mol. The molecule has 1 heterocycles. The molecule has 0 N–H and O–H groups in total. The van der Waals surface area contributed by atoms with Gasteiger partial charge in [-0.15, -0.1) is 0 Å². The molecule has 0 saturated carbocycles. The van der Waals surface area contributed by atoms with Crippen LogP contribution in [-0.2, 0) is 16.7 Å². The van der Waals surface area contributed by atoms with Crippen LogP contribution in [0.5, 0.6) is 0 Å². The Bertz CT molecular complexity index is 635. The van der Waals surface area contributed by atoms with Gasteiger partial charge in [0.25, 0.3) is 5.03 Å². The van der Waals surface area contributed by atoms with Crippen LogP contribution >= 0.6 is 0 Å². The van der Waals surface area contributed by atoms with Gasteiger partial charge in [0, 0.05) is 17.5 Å². The van der Waals surface area contributed by atoms with Gasteiger partial charge in [0.05, 0.1) is 0 Å². The molecule has 0 radical (unpaired) electrons. The van der Waals surface area contributed by atoms with Gasteiger partial charge in [0.2, 0.25) is 5.52 Å². The number of aromatic nitrogens is 1. The van der Waals surface area contributed by atoms with Crippen LogP contribution in [0.1, 0.15) is 6.92 Å². The maximum atomic E-state index is 11.1. The van der Waals surface area contributed by atoms with Gasteiger partial charge in [0.15, 0.2) is 10.1 Å². The van der Waals surface area contributed by atoms with Gasteiger partial charge in [-0.1, -0.05) is 12.1 Å². The monoisotopic (exact) mass is 237 g/mol. The van der Waals surface area contributed by atoms with Crippen molar-refractivity contribution in [3.8, 4) is 0 Å². The number of hydrogen-bond donors (Lipinski definition) is 0. The van der Waals surface area contributed by atoms with Crippen molar-refractivity contribution in [3.05, 3.63) is 36.4 Å². The molecule has 1 aromatic heterocycles. The van der Waals surface area contributed by atoms with Crippen LogP contribution < -0.4 is 4.57 Å². The Morgan fingerprint density at radius 2 is 1.88 bits per heavy atom. The first-order valence-electron chi connectivity index (χ1n) is 4.91. The van der Waals surface area contributed by atoms with Crippen molar-refractivity contribution < 1.29 is 17.5 Å². The first kappa shape index (κ1) is 11.0. The molecular weight excluding hydrogens is 226 g/mol. The maximum absolute atomic E-state index is 11.1. The Kier molecular flexibility index (Phi) is 2.65. The summed E-state index contributed by atoms with van der Waals surface area (Å²) in [6.07, 6.45) is 0. The zero-order chi connectivity index (χ0) is 11.8. The fraction of sp³-hybridized carbons (Fsp3) is 0.182. The second kappa shape index (κ2) is 3.84. The lowest BCUT2D eigenvalue weighted by molar-refractivity contribution is -0.706. The zero-order valence-electron chi connectivity index (χ0n) is 8.75. The molecule has 16 heavy (non-hydrogen) atoms. The highest BCUT2D eigenvalue weighted by atomic mass is 32.2. The van der Waals surface area contributed by atoms with Crippen molar-refractivity contribution in [1.29, 1.82) is 0 Å². The standard InChI is InChI=1S/C11H11NO3S/c1-2-12-10-6-4-3-5-9(10)7-8-11(12)16(13,14)15/h3-8H,2H2,1H3. The van der Waals surface area contributed by atoms with Crippen LogP contribution in [0, 0.1) is 0 Å². The van der Waals surface area contributed by atoms with Crippen molar-refractivity contribution in [1.82, 2.24) is 0 Å². The third kappa shape index (κ3) is 1.79. The van der Waals surface area contributed by atoms with E-state index in [1.807, 2.05) is 18.2 Å². The molecule has 0 aliphatic carbocycles. The number of nitrogens with zero attached hydrogens (tertiary/aromatic N) is 1. The smallest absolute Gasteiger partial charge is 0.285 e. The molecule has 5 heteroatoms. The highest BCUT2D eigenvalue weighted by Gasteiger charge is 2.18. The van der Waals surface area contributed by atoms with Crippen molar-refractivity contribution in [2.24, 2.45) is 0 Å². The van der Waals surface area contributed by atoms with Gasteiger partial charge >= 0.3 is 0 Å². The Morgan fingerprint density at radius 3 is 2.50 bits per heavy atom. The van der Waals surface area contributed by atoms with Crippen molar-refractivity contribution in [2.75, 3.05) is 0 Å². The number of hydrogen-bond acceptors (Lipinski definition) is 3. The molecule has 0 bridgehead atoms. The topological polar surface area (TPSA) is 61.1 Å². The third-order valence-electron chi connectivity index (χ3n) is 2.47. The molecule has 4 nitrogen and oxygen atoms in total. The van der Waals surface area contributed by atoms with Crippen LogP contribution in [0.25, 0.3) is 10.9 Å². The molecule has 0 aliphatic rings. The predicted octanol–water partition coefficient (Wildman–Crippen LogP) is 1.05. The van der Waals surface area contributed by atoms with E-state index in [9.17, 15) is 13.0 Å². The summed E-state index contributed by atoms with van der Waals surface area (Å²) < 4.78 is 34.8. The SMILES string of the molecule is CC[n+]1c(S(=O)(=O)[O-])ccc2ccccc21. The van der Waals surface area contributed by atoms with Crippen LogP contribution in [0.3, 0.4) is 0 Å². The number of aryl methyl sites for hydroxylation is 1. The third-order valence-corrected chi connectivity index (χ3v) is 3.34. The minimum absolute atomic E-state index is 0.186. The Morgan fingerprint density at radius 1 is 1.19 bits per heavy atom. The minimum atomic E-state index is -4.42. The van der Waals surface area contributed by atoms with Crippen LogP contribution in [0.4, 0.5) is 0 Å². The molecule has 0 atom stereocenters. The summed E-state index contributed by atoms with van der Waals surface area (Å²) in [5, 5.41) is 0.727. The van der Waals surface area contributed by atoms with E-state index in [0.717, 1.165) is 10.9 Å². The first-order valence-corrected chi connectivity index (χ1v) is 6.32. The number of para-hydroxylation sites is 1.